The first-order valence-corrected chi connectivity index (χ1v) is 6.37. The summed E-state index contributed by atoms with van der Waals surface area (Å²) in [5, 5.41) is 0. The zero-order valence-corrected chi connectivity index (χ0v) is 10.3. The maximum absolute atomic E-state index is 12.4. The van der Waals surface area contributed by atoms with Gasteiger partial charge in [0.05, 0.1) is 10.5 Å². The molecule has 1 N–H and O–H groups in total. The maximum atomic E-state index is 12.4. The first-order valence-electron chi connectivity index (χ1n) is 5.26. The molecule has 2 aromatic rings. The molecule has 0 aliphatic rings. The number of alkyl halides is 3. The highest BCUT2D eigenvalue weighted by Crippen LogP contribution is 2.31. The quantitative estimate of drug-likeness (QED) is 0.849. The van der Waals surface area contributed by atoms with Crippen molar-refractivity contribution in [3.8, 4) is 11.1 Å². The second-order valence-corrected chi connectivity index (χ2v) is 4.82. The van der Waals surface area contributed by atoms with E-state index in [4.69, 9.17) is 4.55 Å². The molecule has 0 heterocycles. The molecular formula is C13H9F3O2S. The van der Waals surface area contributed by atoms with E-state index in [1.54, 1.807) is 12.1 Å². The van der Waals surface area contributed by atoms with Gasteiger partial charge in [-0.1, -0.05) is 24.3 Å². The van der Waals surface area contributed by atoms with Gasteiger partial charge in [0, 0.05) is 0 Å². The van der Waals surface area contributed by atoms with Gasteiger partial charge in [-0.05, 0) is 35.4 Å². The number of hydrogen-bond acceptors (Lipinski definition) is 1. The second-order valence-electron chi connectivity index (χ2n) is 3.85. The van der Waals surface area contributed by atoms with Crippen LogP contribution in [0.3, 0.4) is 0 Å². The molecule has 2 nitrogen and oxygen atoms in total. The van der Waals surface area contributed by atoms with Crippen molar-refractivity contribution in [3.05, 3.63) is 54.1 Å². The normalized spacial score (nSPS) is 13.3. The van der Waals surface area contributed by atoms with Crippen LogP contribution in [0.15, 0.2) is 53.4 Å². The van der Waals surface area contributed by atoms with Crippen LogP contribution in [-0.4, -0.2) is 8.76 Å². The first-order chi connectivity index (χ1) is 8.88. The van der Waals surface area contributed by atoms with Gasteiger partial charge in [-0.15, -0.1) is 0 Å². The zero-order chi connectivity index (χ0) is 14.0. The Hall–Kier alpha value is -1.66. The van der Waals surface area contributed by atoms with E-state index in [0.29, 0.717) is 11.1 Å². The van der Waals surface area contributed by atoms with Crippen molar-refractivity contribution in [2.75, 3.05) is 0 Å². The molecule has 100 valence electrons. The Labute approximate surface area is 110 Å². The Morgan fingerprint density at radius 1 is 0.947 bits per heavy atom. The van der Waals surface area contributed by atoms with Crippen molar-refractivity contribution < 1.29 is 21.9 Å². The van der Waals surface area contributed by atoms with Gasteiger partial charge in [-0.3, -0.25) is 0 Å². The molecule has 0 radical (unpaired) electrons. The smallest absolute Gasteiger partial charge is 0.302 e. The zero-order valence-electron chi connectivity index (χ0n) is 9.52. The number of hydrogen-bond donors (Lipinski definition) is 1. The third-order valence-corrected chi connectivity index (χ3v) is 3.24. The molecule has 1 unspecified atom stereocenters. The van der Waals surface area contributed by atoms with E-state index in [9.17, 15) is 17.4 Å². The fraction of sp³-hybridized carbons (Fsp3) is 0.0769. The fourth-order valence-electron chi connectivity index (χ4n) is 1.64. The topological polar surface area (TPSA) is 37.3 Å². The number of halogens is 3. The molecule has 0 spiro atoms. The number of benzene rings is 2. The van der Waals surface area contributed by atoms with E-state index >= 15 is 0 Å². The summed E-state index contributed by atoms with van der Waals surface area (Å²) in [5.74, 6) is 0. The van der Waals surface area contributed by atoms with Gasteiger partial charge >= 0.3 is 6.18 Å². The predicted octanol–water partition coefficient (Wildman–Crippen LogP) is 3.95. The van der Waals surface area contributed by atoms with Crippen molar-refractivity contribution in [2.24, 2.45) is 0 Å². The molecule has 0 fully saturated rings. The van der Waals surface area contributed by atoms with Crippen LogP contribution in [0, 0.1) is 0 Å². The minimum atomic E-state index is -4.37. The molecule has 0 saturated carbocycles. The average molecular weight is 286 g/mol. The van der Waals surface area contributed by atoms with Crippen LogP contribution in [0.4, 0.5) is 13.2 Å². The van der Waals surface area contributed by atoms with Crippen molar-refractivity contribution >= 4 is 11.1 Å². The SMILES string of the molecule is O=S(O)c1cccc(-c2ccc(C(F)(F)F)cc2)c1. The lowest BCUT2D eigenvalue weighted by Crippen LogP contribution is -2.03. The van der Waals surface area contributed by atoms with E-state index in [0.717, 1.165) is 12.1 Å². The van der Waals surface area contributed by atoms with Crippen molar-refractivity contribution in [3.63, 3.8) is 0 Å². The van der Waals surface area contributed by atoms with Crippen LogP contribution in [0.5, 0.6) is 0 Å². The molecule has 2 aromatic carbocycles. The molecule has 0 bridgehead atoms. The van der Waals surface area contributed by atoms with E-state index in [2.05, 4.69) is 0 Å². The lowest BCUT2D eigenvalue weighted by molar-refractivity contribution is -0.137. The van der Waals surface area contributed by atoms with E-state index in [1.165, 1.54) is 24.3 Å². The molecule has 0 amide bonds. The van der Waals surface area contributed by atoms with E-state index in [1.807, 2.05) is 0 Å². The maximum Gasteiger partial charge on any atom is 0.416 e. The third kappa shape index (κ3) is 3.21. The van der Waals surface area contributed by atoms with Gasteiger partial charge in [0.25, 0.3) is 0 Å². The molecule has 6 heteroatoms. The summed E-state index contributed by atoms with van der Waals surface area (Å²) in [6.45, 7) is 0. The van der Waals surface area contributed by atoms with Crippen LogP contribution >= 0.6 is 0 Å². The third-order valence-electron chi connectivity index (χ3n) is 2.58. The highest BCUT2D eigenvalue weighted by Gasteiger charge is 2.29. The Morgan fingerprint density at radius 2 is 1.58 bits per heavy atom. The summed E-state index contributed by atoms with van der Waals surface area (Å²) in [5.41, 5.74) is 0.423. The van der Waals surface area contributed by atoms with Crippen molar-refractivity contribution in [2.45, 2.75) is 11.1 Å². The summed E-state index contributed by atoms with van der Waals surface area (Å²) < 4.78 is 57.2. The summed E-state index contributed by atoms with van der Waals surface area (Å²) in [6, 6.07) is 10.8. The van der Waals surface area contributed by atoms with Crippen molar-refractivity contribution in [1.82, 2.24) is 0 Å². The van der Waals surface area contributed by atoms with Crippen LogP contribution in [0.2, 0.25) is 0 Å². The van der Waals surface area contributed by atoms with Gasteiger partial charge in [0.1, 0.15) is 0 Å². The molecule has 2 rings (SSSR count). The van der Waals surface area contributed by atoms with Gasteiger partial charge in [0.15, 0.2) is 11.1 Å². The van der Waals surface area contributed by atoms with Gasteiger partial charge < -0.3 is 4.55 Å². The van der Waals surface area contributed by atoms with Gasteiger partial charge in [-0.2, -0.15) is 13.2 Å². The fourth-order valence-corrected chi connectivity index (χ4v) is 2.06. The monoisotopic (exact) mass is 286 g/mol. The second kappa shape index (κ2) is 5.14. The van der Waals surface area contributed by atoms with Crippen LogP contribution in [0.1, 0.15) is 5.56 Å². The summed E-state index contributed by atoms with van der Waals surface area (Å²) in [6.07, 6.45) is -4.37. The molecule has 1 atom stereocenters. The molecular weight excluding hydrogens is 277 g/mol. The Bertz CT molecular complexity index is 606. The highest BCUT2D eigenvalue weighted by molar-refractivity contribution is 7.79. The molecule has 19 heavy (non-hydrogen) atoms. The van der Waals surface area contributed by atoms with Crippen LogP contribution in [-0.2, 0) is 17.3 Å². The standard InChI is InChI=1S/C13H9F3O2S/c14-13(15,16)11-6-4-9(5-7-11)10-2-1-3-12(8-10)19(17)18/h1-8H,(H,17,18). The summed E-state index contributed by atoms with van der Waals surface area (Å²) in [7, 11) is 0. The van der Waals surface area contributed by atoms with Crippen LogP contribution in [0.25, 0.3) is 11.1 Å². The predicted molar refractivity (Wildman–Crippen MR) is 65.9 cm³/mol. The van der Waals surface area contributed by atoms with Gasteiger partial charge in [0.2, 0.25) is 0 Å². The van der Waals surface area contributed by atoms with Crippen LogP contribution < -0.4 is 0 Å². The summed E-state index contributed by atoms with van der Waals surface area (Å²) >= 11 is -2.11. The summed E-state index contributed by atoms with van der Waals surface area (Å²) in [4.78, 5) is 0.206. The molecule has 0 aliphatic carbocycles. The minimum absolute atomic E-state index is 0.206. The largest absolute Gasteiger partial charge is 0.416 e. The Kier molecular flexibility index (Phi) is 3.73. The molecule has 0 aromatic heterocycles. The number of rotatable bonds is 2. The van der Waals surface area contributed by atoms with Gasteiger partial charge in [-0.25, -0.2) is 4.21 Å². The van der Waals surface area contributed by atoms with E-state index in [-0.39, 0.29) is 4.90 Å². The Morgan fingerprint density at radius 3 is 2.11 bits per heavy atom. The van der Waals surface area contributed by atoms with E-state index < -0.39 is 22.8 Å². The lowest BCUT2D eigenvalue weighted by atomic mass is 10.0. The molecule has 0 aliphatic heterocycles. The Balaban J connectivity index is 2.37. The molecule has 0 saturated heterocycles. The highest BCUT2D eigenvalue weighted by atomic mass is 32.2. The first kappa shape index (κ1) is 13.8. The lowest BCUT2D eigenvalue weighted by Gasteiger charge is -2.08. The minimum Gasteiger partial charge on any atom is -0.302 e. The van der Waals surface area contributed by atoms with Crippen molar-refractivity contribution in [1.29, 1.82) is 0 Å². The average Bonchev–Trinajstić information content (AvgIpc) is 2.38.